The van der Waals surface area contributed by atoms with Crippen LogP contribution in [0.2, 0.25) is 0 Å². The van der Waals surface area contributed by atoms with E-state index in [2.05, 4.69) is 11.8 Å². The topological polar surface area (TPSA) is 40.5 Å². The lowest BCUT2D eigenvalue weighted by Crippen LogP contribution is -2.35. The van der Waals surface area contributed by atoms with Gasteiger partial charge in [0, 0.05) is 35.5 Å². The highest BCUT2D eigenvalue weighted by Gasteiger charge is 2.17. The third-order valence-electron chi connectivity index (χ3n) is 2.58. The molecule has 0 radical (unpaired) electrons. The molecule has 1 N–H and O–H groups in total. The van der Waals surface area contributed by atoms with Gasteiger partial charge in [0.2, 0.25) is 0 Å². The molecule has 5 heteroatoms. The van der Waals surface area contributed by atoms with Gasteiger partial charge in [0.05, 0.1) is 0 Å². The first-order chi connectivity index (χ1) is 7.65. The van der Waals surface area contributed by atoms with E-state index in [1.165, 1.54) is 17.1 Å². The summed E-state index contributed by atoms with van der Waals surface area (Å²) in [7, 11) is 0. The SMILES string of the molecule is CC1CN(Cc2ccc(C(=O)O)s2)CCS1. The monoisotopic (exact) mass is 257 g/mol. The first kappa shape index (κ1) is 12.0. The fourth-order valence-electron chi connectivity index (χ4n) is 1.83. The minimum absolute atomic E-state index is 0.439. The number of rotatable bonds is 3. The molecule has 1 aromatic rings. The van der Waals surface area contributed by atoms with Crippen LogP contribution in [-0.4, -0.2) is 40.1 Å². The van der Waals surface area contributed by atoms with Gasteiger partial charge in [-0.2, -0.15) is 11.8 Å². The van der Waals surface area contributed by atoms with Crippen molar-refractivity contribution in [3.63, 3.8) is 0 Å². The van der Waals surface area contributed by atoms with E-state index in [1.54, 1.807) is 6.07 Å². The van der Waals surface area contributed by atoms with Gasteiger partial charge in [-0.3, -0.25) is 4.90 Å². The molecule has 0 saturated carbocycles. The molecule has 1 aliphatic heterocycles. The molecule has 0 bridgehead atoms. The second-order valence-electron chi connectivity index (χ2n) is 3.99. The molecule has 0 amide bonds. The van der Waals surface area contributed by atoms with E-state index < -0.39 is 5.97 Å². The number of carbonyl (C=O) groups is 1. The Bertz CT molecular complexity index is 378. The van der Waals surface area contributed by atoms with Crippen molar-refractivity contribution in [3.05, 3.63) is 21.9 Å². The van der Waals surface area contributed by atoms with Gasteiger partial charge in [0.1, 0.15) is 4.88 Å². The van der Waals surface area contributed by atoms with Crippen LogP contribution < -0.4 is 0 Å². The average Bonchev–Trinajstić information content (AvgIpc) is 2.66. The highest BCUT2D eigenvalue weighted by molar-refractivity contribution is 7.99. The normalized spacial score (nSPS) is 22.2. The highest BCUT2D eigenvalue weighted by Crippen LogP contribution is 2.22. The van der Waals surface area contributed by atoms with Crippen LogP contribution >= 0.6 is 23.1 Å². The number of hydrogen-bond donors (Lipinski definition) is 1. The van der Waals surface area contributed by atoms with Crippen molar-refractivity contribution in [1.29, 1.82) is 0 Å². The minimum Gasteiger partial charge on any atom is -0.477 e. The number of thioether (sulfide) groups is 1. The number of nitrogens with zero attached hydrogens (tertiary/aromatic N) is 1. The van der Waals surface area contributed by atoms with Crippen molar-refractivity contribution >= 4 is 29.1 Å². The van der Waals surface area contributed by atoms with Crippen LogP contribution in [0.15, 0.2) is 12.1 Å². The molecule has 1 saturated heterocycles. The summed E-state index contributed by atoms with van der Waals surface area (Å²) >= 11 is 3.40. The molecule has 1 fully saturated rings. The third-order valence-corrected chi connectivity index (χ3v) is 4.77. The van der Waals surface area contributed by atoms with E-state index in [0.29, 0.717) is 10.1 Å². The molecule has 1 aromatic heterocycles. The molecular formula is C11H15NO2S2. The average molecular weight is 257 g/mol. The molecule has 2 heterocycles. The van der Waals surface area contributed by atoms with E-state index in [0.717, 1.165) is 24.5 Å². The van der Waals surface area contributed by atoms with Gasteiger partial charge in [-0.05, 0) is 12.1 Å². The Morgan fingerprint density at radius 1 is 1.62 bits per heavy atom. The maximum atomic E-state index is 10.8. The number of hydrogen-bond acceptors (Lipinski definition) is 4. The van der Waals surface area contributed by atoms with Gasteiger partial charge < -0.3 is 5.11 Å². The summed E-state index contributed by atoms with van der Waals surface area (Å²) < 4.78 is 0. The van der Waals surface area contributed by atoms with Crippen LogP contribution in [0, 0.1) is 0 Å². The van der Waals surface area contributed by atoms with Crippen LogP contribution in [-0.2, 0) is 6.54 Å². The lowest BCUT2D eigenvalue weighted by Gasteiger charge is -2.29. The quantitative estimate of drug-likeness (QED) is 0.902. The predicted molar refractivity (Wildman–Crippen MR) is 68.5 cm³/mol. The zero-order chi connectivity index (χ0) is 11.5. The Morgan fingerprint density at radius 3 is 3.06 bits per heavy atom. The van der Waals surface area contributed by atoms with Crippen LogP contribution in [0.3, 0.4) is 0 Å². The van der Waals surface area contributed by atoms with Gasteiger partial charge in [-0.15, -0.1) is 11.3 Å². The minimum atomic E-state index is -0.821. The van der Waals surface area contributed by atoms with Crippen molar-refractivity contribution in [2.75, 3.05) is 18.8 Å². The number of aromatic carboxylic acids is 1. The van der Waals surface area contributed by atoms with Gasteiger partial charge >= 0.3 is 5.97 Å². The van der Waals surface area contributed by atoms with E-state index in [1.807, 2.05) is 17.8 Å². The van der Waals surface area contributed by atoms with Crippen LogP contribution in [0.25, 0.3) is 0 Å². The Labute approximate surface area is 103 Å². The Kier molecular flexibility index (Phi) is 3.89. The molecule has 1 unspecified atom stereocenters. The van der Waals surface area contributed by atoms with E-state index in [-0.39, 0.29) is 0 Å². The van der Waals surface area contributed by atoms with Gasteiger partial charge in [-0.1, -0.05) is 6.92 Å². The smallest absolute Gasteiger partial charge is 0.345 e. The summed E-state index contributed by atoms with van der Waals surface area (Å²) in [6, 6.07) is 3.63. The summed E-state index contributed by atoms with van der Waals surface area (Å²) in [5.74, 6) is 0.358. The van der Waals surface area contributed by atoms with Crippen LogP contribution in [0.1, 0.15) is 21.5 Å². The van der Waals surface area contributed by atoms with Gasteiger partial charge in [0.25, 0.3) is 0 Å². The van der Waals surface area contributed by atoms with Crippen molar-refractivity contribution in [2.45, 2.75) is 18.7 Å². The lowest BCUT2D eigenvalue weighted by atomic mass is 10.3. The van der Waals surface area contributed by atoms with E-state index in [9.17, 15) is 4.79 Å². The van der Waals surface area contributed by atoms with E-state index in [4.69, 9.17) is 5.11 Å². The lowest BCUT2D eigenvalue weighted by molar-refractivity contribution is 0.0702. The van der Waals surface area contributed by atoms with Gasteiger partial charge in [0.15, 0.2) is 0 Å². The third kappa shape index (κ3) is 2.99. The molecule has 0 spiro atoms. The zero-order valence-corrected chi connectivity index (χ0v) is 10.8. The zero-order valence-electron chi connectivity index (χ0n) is 9.18. The largest absolute Gasteiger partial charge is 0.477 e. The summed E-state index contributed by atoms with van der Waals surface area (Å²) in [6.45, 7) is 5.34. The fourth-order valence-corrected chi connectivity index (χ4v) is 3.80. The molecule has 0 aliphatic carbocycles. The summed E-state index contributed by atoms with van der Waals surface area (Å²) in [5.41, 5.74) is 0. The molecular weight excluding hydrogens is 242 g/mol. The Morgan fingerprint density at radius 2 is 2.44 bits per heavy atom. The van der Waals surface area contributed by atoms with Crippen LogP contribution in [0.4, 0.5) is 0 Å². The Hall–Kier alpha value is -0.520. The first-order valence-electron chi connectivity index (χ1n) is 5.31. The second-order valence-corrected chi connectivity index (χ2v) is 6.70. The number of thiophene rings is 1. The van der Waals surface area contributed by atoms with Crippen molar-refractivity contribution < 1.29 is 9.90 Å². The molecule has 88 valence electrons. The molecule has 1 aliphatic rings. The molecule has 1 atom stereocenters. The van der Waals surface area contributed by atoms with Gasteiger partial charge in [-0.25, -0.2) is 4.79 Å². The summed E-state index contributed by atoms with van der Waals surface area (Å²) in [5, 5.41) is 9.53. The second kappa shape index (κ2) is 5.21. The number of carboxylic acids is 1. The summed E-state index contributed by atoms with van der Waals surface area (Å²) in [6.07, 6.45) is 0. The molecule has 0 aromatic carbocycles. The molecule has 16 heavy (non-hydrogen) atoms. The summed E-state index contributed by atoms with van der Waals surface area (Å²) in [4.78, 5) is 14.7. The van der Waals surface area contributed by atoms with Crippen molar-refractivity contribution in [1.82, 2.24) is 4.90 Å². The predicted octanol–water partition coefficient (Wildman–Crippen LogP) is 2.38. The van der Waals surface area contributed by atoms with Crippen molar-refractivity contribution in [2.24, 2.45) is 0 Å². The molecule has 3 nitrogen and oxygen atoms in total. The highest BCUT2D eigenvalue weighted by atomic mass is 32.2. The first-order valence-corrected chi connectivity index (χ1v) is 7.17. The fraction of sp³-hybridized carbons (Fsp3) is 0.545. The van der Waals surface area contributed by atoms with Crippen LogP contribution in [0.5, 0.6) is 0 Å². The molecule has 2 rings (SSSR count). The van der Waals surface area contributed by atoms with Crippen molar-refractivity contribution in [3.8, 4) is 0 Å². The van der Waals surface area contributed by atoms with E-state index >= 15 is 0 Å². The Balaban J connectivity index is 1.95. The maximum Gasteiger partial charge on any atom is 0.345 e. The number of carboxylic acid groups (broad SMARTS) is 1. The standard InChI is InChI=1S/C11H15NO2S2/c1-8-6-12(4-5-15-8)7-9-2-3-10(16-9)11(13)14/h2-3,8H,4-7H2,1H3,(H,13,14). The maximum absolute atomic E-state index is 10.8.